The van der Waals surface area contributed by atoms with Gasteiger partial charge in [-0.1, -0.05) is 6.07 Å². The number of thiophene rings is 1. The second-order valence-corrected chi connectivity index (χ2v) is 4.95. The van der Waals surface area contributed by atoms with Crippen molar-refractivity contribution in [2.75, 3.05) is 6.61 Å². The molecule has 2 amide bonds. The summed E-state index contributed by atoms with van der Waals surface area (Å²) in [6, 6.07) is 5.84. The molecule has 2 aromatic heterocycles. The second kappa shape index (κ2) is 7.18. The number of ether oxygens (including phenoxy) is 1. The highest BCUT2D eigenvalue weighted by molar-refractivity contribution is 7.12. The molecule has 0 aliphatic carbocycles. The molecule has 0 unspecified atom stereocenters. The Labute approximate surface area is 128 Å². The van der Waals surface area contributed by atoms with Gasteiger partial charge in [-0.2, -0.15) is 4.73 Å². The standard InChI is InChI=1S/C13H11N3O5S/c17-11(14-15-12(18)10-2-1-7-22-10)8-21-13(19)9-3-5-16(20)6-4-9/h1-7H,8H2,(H,14,17)(H,15,18). The summed E-state index contributed by atoms with van der Waals surface area (Å²) in [5, 5.41) is 12.5. The van der Waals surface area contributed by atoms with Crippen molar-refractivity contribution in [3.8, 4) is 0 Å². The second-order valence-electron chi connectivity index (χ2n) is 4.00. The van der Waals surface area contributed by atoms with E-state index in [9.17, 15) is 19.6 Å². The molecule has 2 N–H and O–H groups in total. The zero-order valence-corrected chi connectivity index (χ0v) is 12.0. The van der Waals surface area contributed by atoms with Crippen molar-refractivity contribution in [2.45, 2.75) is 0 Å². The van der Waals surface area contributed by atoms with Crippen LogP contribution in [-0.2, 0) is 9.53 Å². The van der Waals surface area contributed by atoms with E-state index in [2.05, 4.69) is 10.9 Å². The van der Waals surface area contributed by atoms with E-state index in [0.29, 0.717) is 9.61 Å². The highest BCUT2D eigenvalue weighted by Gasteiger charge is 2.12. The normalized spacial score (nSPS) is 9.82. The number of aromatic nitrogens is 1. The molecule has 0 atom stereocenters. The third-order valence-corrected chi connectivity index (χ3v) is 3.30. The number of hydrogen-bond acceptors (Lipinski definition) is 6. The lowest BCUT2D eigenvalue weighted by molar-refractivity contribution is -0.605. The first-order valence-corrected chi connectivity index (χ1v) is 6.93. The number of amides is 2. The van der Waals surface area contributed by atoms with Crippen molar-refractivity contribution in [3.63, 3.8) is 0 Å². The molecule has 0 spiro atoms. The highest BCUT2D eigenvalue weighted by atomic mass is 32.1. The maximum Gasteiger partial charge on any atom is 0.339 e. The van der Waals surface area contributed by atoms with Gasteiger partial charge in [0.1, 0.15) is 0 Å². The van der Waals surface area contributed by atoms with Crippen LogP contribution < -0.4 is 15.6 Å². The van der Waals surface area contributed by atoms with E-state index >= 15 is 0 Å². The molecule has 2 aromatic rings. The summed E-state index contributed by atoms with van der Waals surface area (Å²) >= 11 is 1.22. The van der Waals surface area contributed by atoms with Gasteiger partial charge >= 0.3 is 5.97 Å². The van der Waals surface area contributed by atoms with E-state index in [1.165, 1.54) is 23.5 Å². The molecule has 8 nitrogen and oxygen atoms in total. The first-order chi connectivity index (χ1) is 10.6. The highest BCUT2D eigenvalue weighted by Crippen LogP contribution is 2.06. The quantitative estimate of drug-likeness (QED) is 0.356. The average Bonchev–Trinajstić information content (AvgIpc) is 3.05. The van der Waals surface area contributed by atoms with Gasteiger partial charge in [0.2, 0.25) is 0 Å². The topological polar surface area (TPSA) is 111 Å². The Balaban J connectivity index is 1.74. The van der Waals surface area contributed by atoms with Crippen LogP contribution in [0.2, 0.25) is 0 Å². The lowest BCUT2D eigenvalue weighted by Gasteiger charge is -2.07. The summed E-state index contributed by atoms with van der Waals surface area (Å²) in [6.07, 6.45) is 2.27. The molecule has 0 aliphatic rings. The molecule has 2 rings (SSSR count). The number of pyridine rings is 1. The van der Waals surface area contributed by atoms with Crippen LogP contribution in [0.25, 0.3) is 0 Å². The number of nitrogens with zero attached hydrogens (tertiary/aromatic N) is 1. The molecule has 2 heterocycles. The molecule has 0 radical (unpaired) electrons. The fourth-order valence-corrected chi connectivity index (χ4v) is 2.01. The smallest absolute Gasteiger partial charge is 0.339 e. The van der Waals surface area contributed by atoms with E-state index in [-0.39, 0.29) is 5.56 Å². The maximum absolute atomic E-state index is 11.6. The van der Waals surface area contributed by atoms with Crippen molar-refractivity contribution >= 4 is 29.1 Å². The van der Waals surface area contributed by atoms with Gasteiger partial charge in [-0.25, -0.2) is 4.79 Å². The van der Waals surface area contributed by atoms with E-state index in [0.717, 1.165) is 12.4 Å². The minimum atomic E-state index is -0.750. The molecular weight excluding hydrogens is 310 g/mol. The van der Waals surface area contributed by atoms with Crippen LogP contribution in [-0.4, -0.2) is 24.4 Å². The van der Waals surface area contributed by atoms with Gasteiger partial charge in [0, 0.05) is 12.1 Å². The molecule has 114 valence electrons. The molecule has 22 heavy (non-hydrogen) atoms. The van der Waals surface area contributed by atoms with E-state index in [1.54, 1.807) is 17.5 Å². The first-order valence-electron chi connectivity index (χ1n) is 6.05. The Morgan fingerprint density at radius 3 is 2.55 bits per heavy atom. The molecule has 9 heteroatoms. The summed E-state index contributed by atoms with van der Waals surface area (Å²) in [6.45, 7) is -0.560. The Hall–Kier alpha value is -2.94. The summed E-state index contributed by atoms with van der Waals surface area (Å²) < 4.78 is 5.26. The molecular formula is C13H11N3O5S. The van der Waals surface area contributed by atoms with E-state index < -0.39 is 24.4 Å². The fourth-order valence-electron chi connectivity index (χ4n) is 1.40. The molecule has 0 fully saturated rings. The van der Waals surface area contributed by atoms with Gasteiger partial charge in [0.05, 0.1) is 10.4 Å². The van der Waals surface area contributed by atoms with Crippen LogP contribution in [0.15, 0.2) is 42.0 Å². The van der Waals surface area contributed by atoms with Crippen LogP contribution in [0, 0.1) is 5.21 Å². The van der Waals surface area contributed by atoms with Gasteiger partial charge in [-0.3, -0.25) is 20.4 Å². The summed E-state index contributed by atoms with van der Waals surface area (Å²) in [7, 11) is 0. The van der Waals surface area contributed by atoms with Crippen molar-refractivity contribution < 1.29 is 23.9 Å². The van der Waals surface area contributed by atoms with Gasteiger partial charge in [0.25, 0.3) is 11.8 Å². The molecule has 0 aromatic carbocycles. The monoisotopic (exact) mass is 321 g/mol. The lowest BCUT2D eigenvalue weighted by Crippen LogP contribution is -2.43. The molecule has 0 saturated heterocycles. The van der Waals surface area contributed by atoms with E-state index in [1.807, 2.05) is 0 Å². The Morgan fingerprint density at radius 2 is 1.91 bits per heavy atom. The van der Waals surface area contributed by atoms with Crippen LogP contribution in [0.1, 0.15) is 20.0 Å². The Bertz CT molecular complexity index is 669. The third kappa shape index (κ3) is 4.28. The number of carbonyl (C=O) groups excluding carboxylic acids is 3. The minimum absolute atomic E-state index is 0.141. The van der Waals surface area contributed by atoms with Crippen molar-refractivity contribution in [3.05, 3.63) is 57.7 Å². The number of carbonyl (C=O) groups is 3. The zero-order valence-electron chi connectivity index (χ0n) is 11.1. The first kappa shape index (κ1) is 15.4. The number of hydrazine groups is 1. The third-order valence-electron chi connectivity index (χ3n) is 2.43. The minimum Gasteiger partial charge on any atom is -0.619 e. The van der Waals surface area contributed by atoms with Crippen LogP contribution in [0.3, 0.4) is 0 Å². The summed E-state index contributed by atoms with van der Waals surface area (Å²) in [5.74, 6) is -1.90. The van der Waals surface area contributed by atoms with Crippen molar-refractivity contribution in [1.29, 1.82) is 0 Å². The van der Waals surface area contributed by atoms with Crippen molar-refractivity contribution in [2.24, 2.45) is 0 Å². The Kier molecular flexibility index (Phi) is 5.04. The Morgan fingerprint density at radius 1 is 1.18 bits per heavy atom. The largest absolute Gasteiger partial charge is 0.619 e. The maximum atomic E-state index is 11.6. The number of hydrogen-bond donors (Lipinski definition) is 2. The summed E-state index contributed by atoms with van der Waals surface area (Å²) in [4.78, 5) is 35.0. The molecule has 0 bridgehead atoms. The number of nitrogens with one attached hydrogen (secondary N) is 2. The van der Waals surface area contributed by atoms with Crippen LogP contribution >= 0.6 is 11.3 Å². The molecule has 0 aliphatic heterocycles. The number of esters is 1. The zero-order chi connectivity index (χ0) is 15.9. The van der Waals surface area contributed by atoms with Gasteiger partial charge < -0.3 is 9.94 Å². The fraction of sp³-hybridized carbons (Fsp3) is 0.0769. The van der Waals surface area contributed by atoms with Crippen molar-refractivity contribution in [1.82, 2.24) is 10.9 Å². The number of rotatable bonds is 4. The lowest BCUT2D eigenvalue weighted by atomic mass is 10.3. The summed E-state index contributed by atoms with van der Waals surface area (Å²) in [5.41, 5.74) is 4.46. The van der Waals surface area contributed by atoms with Gasteiger partial charge in [-0.05, 0) is 11.4 Å². The SMILES string of the molecule is O=C(COC(=O)c1cc[n+]([O-])cc1)NNC(=O)c1cccs1. The predicted octanol–water partition coefficient (Wildman–Crippen LogP) is -0.000500. The molecule has 0 saturated carbocycles. The van der Waals surface area contributed by atoms with Gasteiger partial charge in [-0.15, -0.1) is 11.3 Å². The predicted molar refractivity (Wildman–Crippen MR) is 75.6 cm³/mol. The van der Waals surface area contributed by atoms with Crippen LogP contribution in [0.4, 0.5) is 0 Å². The van der Waals surface area contributed by atoms with Gasteiger partial charge in [0.15, 0.2) is 19.0 Å². The van der Waals surface area contributed by atoms with Crippen LogP contribution in [0.5, 0.6) is 0 Å². The van der Waals surface area contributed by atoms with E-state index in [4.69, 9.17) is 4.74 Å². The average molecular weight is 321 g/mol.